The first-order valence-electron chi connectivity index (χ1n) is 4.07. The zero-order valence-corrected chi connectivity index (χ0v) is 6.93. The molecule has 1 heteroatoms. The van der Waals surface area contributed by atoms with Crippen molar-refractivity contribution in [2.45, 2.75) is 18.3 Å². The molecule has 2 saturated carbocycles. The minimum absolute atomic E-state index is 0.643. The highest BCUT2D eigenvalue weighted by atomic mass is 35.5. The summed E-state index contributed by atoms with van der Waals surface area (Å²) in [6, 6.07) is 8.35. The molecule has 56 valence electrons. The topological polar surface area (TPSA) is 0 Å². The van der Waals surface area contributed by atoms with Crippen LogP contribution in [-0.4, -0.2) is 0 Å². The Balaban J connectivity index is 2.02. The van der Waals surface area contributed by atoms with Gasteiger partial charge < -0.3 is 0 Å². The fourth-order valence-electron chi connectivity index (χ4n) is 1.95. The maximum absolute atomic E-state index is 5.80. The minimum atomic E-state index is 0.643. The summed E-state index contributed by atoms with van der Waals surface area (Å²) in [6.45, 7) is 0. The molecule has 0 heterocycles. The number of hydrogen-bond acceptors (Lipinski definition) is 0. The van der Waals surface area contributed by atoms with Crippen molar-refractivity contribution in [2.24, 2.45) is 5.92 Å². The van der Waals surface area contributed by atoms with Gasteiger partial charge in [0.15, 0.2) is 0 Å². The van der Waals surface area contributed by atoms with Crippen molar-refractivity contribution in [3.63, 3.8) is 0 Å². The second-order valence-corrected chi connectivity index (χ2v) is 4.20. The molecule has 1 aromatic rings. The van der Waals surface area contributed by atoms with Gasteiger partial charge in [0.2, 0.25) is 0 Å². The predicted molar refractivity (Wildman–Crippen MR) is 45.9 cm³/mol. The molecule has 0 amide bonds. The predicted octanol–water partition coefficient (Wildman–Crippen LogP) is 3.00. The van der Waals surface area contributed by atoms with Crippen LogP contribution in [0.3, 0.4) is 0 Å². The molecule has 0 saturated heterocycles. The van der Waals surface area contributed by atoms with E-state index in [1.807, 2.05) is 12.1 Å². The number of halogens is 1. The molecule has 0 radical (unpaired) electrons. The fraction of sp³-hybridized carbons (Fsp3) is 0.400. The molecule has 0 nitrogen and oxygen atoms in total. The van der Waals surface area contributed by atoms with Crippen molar-refractivity contribution in [3.05, 3.63) is 34.9 Å². The first kappa shape index (κ1) is 6.07. The van der Waals surface area contributed by atoms with Gasteiger partial charge in [-0.1, -0.05) is 23.7 Å². The summed E-state index contributed by atoms with van der Waals surface area (Å²) < 4.78 is 0. The minimum Gasteiger partial charge on any atom is -0.0843 e. The van der Waals surface area contributed by atoms with Crippen molar-refractivity contribution in [3.8, 4) is 0 Å². The van der Waals surface area contributed by atoms with E-state index in [1.165, 1.54) is 18.4 Å². The molecule has 0 spiro atoms. The van der Waals surface area contributed by atoms with Crippen molar-refractivity contribution in [2.75, 3.05) is 0 Å². The van der Waals surface area contributed by atoms with E-state index in [4.69, 9.17) is 11.6 Å². The quantitative estimate of drug-likeness (QED) is 0.599. The normalized spacial score (nSPS) is 38.1. The van der Waals surface area contributed by atoms with Crippen LogP contribution in [0.5, 0.6) is 0 Å². The van der Waals surface area contributed by atoms with E-state index in [-0.39, 0.29) is 0 Å². The number of benzene rings is 1. The van der Waals surface area contributed by atoms with E-state index >= 15 is 0 Å². The summed E-state index contributed by atoms with van der Waals surface area (Å²) in [5.41, 5.74) is 2.15. The van der Waals surface area contributed by atoms with E-state index < -0.39 is 0 Å². The standard InChI is InChI=1S/C10H9Cl/c11-9-3-1-7(2-4-9)10-5-8(10)6-10/h1-4,8H,5-6H2. The highest BCUT2D eigenvalue weighted by Crippen LogP contribution is 2.75. The van der Waals surface area contributed by atoms with Crippen LogP contribution >= 0.6 is 11.6 Å². The van der Waals surface area contributed by atoms with E-state index in [9.17, 15) is 0 Å². The van der Waals surface area contributed by atoms with Gasteiger partial charge in [0.05, 0.1) is 0 Å². The maximum Gasteiger partial charge on any atom is 0.0406 e. The zero-order valence-electron chi connectivity index (χ0n) is 6.18. The lowest BCUT2D eigenvalue weighted by atomic mass is 10.0. The molecule has 11 heavy (non-hydrogen) atoms. The van der Waals surface area contributed by atoms with E-state index in [2.05, 4.69) is 12.1 Å². The van der Waals surface area contributed by atoms with E-state index in [0.717, 1.165) is 10.9 Å². The summed E-state index contributed by atoms with van der Waals surface area (Å²) in [7, 11) is 0. The summed E-state index contributed by atoms with van der Waals surface area (Å²) in [5.74, 6) is 1.03. The molecule has 2 fully saturated rings. The summed E-state index contributed by atoms with van der Waals surface area (Å²) in [6.07, 6.45) is 2.85. The molecule has 0 N–H and O–H groups in total. The molecule has 2 aliphatic rings. The van der Waals surface area contributed by atoms with Gasteiger partial charge in [0.1, 0.15) is 0 Å². The molecule has 0 aliphatic heterocycles. The number of fused-ring (bicyclic) bond motifs is 1. The van der Waals surface area contributed by atoms with Crippen LogP contribution in [0, 0.1) is 5.92 Å². The smallest absolute Gasteiger partial charge is 0.0406 e. The lowest BCUT2D eigenvalue weighted by molar-refractivity contribution is 0.822. The lowest BCUT2D eigenvalue weighted by Gasteiger charge is -2.02. The van der Waals surface area contributed by atoms with Crippen molar-refractivity contribution in [1.29, 1.82) is 0 Å². The lowest BCUT2D eigenvalue weighted by Crippen LogP contribution is -1.91. The van der Waals surface area contributed by atoms with Crippen LogP contribution in [0.2, 0.25) is 5.02 Å². The van der Waals surface area contributed by atoms with Crippen molar-refractivity contribution >= 4 is 11.6 Å². The molecular formula is C10H9Cl. The fourth-order valence-corrected chi connectivity index (χ4v) is 2.08. The molecule has 0 aromatic heterocycles. The SMILES string of the molecule is Clc1ccc(C23CC2C3)cc1. The van der Waals surface area contributed by atoms with Gasteiger partial charge in [0.25, 0.3) is 0 Å². The van der Waals surface area contributed by atoms with Crippen LogP contribution in [0.1, 0.15) is 18.4 Å². The van der Waals surface area contributed by atoms with E-state index in [1.54, 1.807) is 0 Å². The third kappa shape index (κ3) is 0.709. The van der Waals surface area contributed by atoms with Gasteiger partial charge in [0, 0.05) is 5.02 Å². The number of hydrogen-bond donors (Lipinski definition) is 0. The average molecular weight is 165 g/mol. The van der Waals surface area contributed by atoms with Crippen LogP contribution in [0.15, 0.2) is 24.3 Å². The highest BCUT2D eigenvalue weighted by Gasteiger charge is 2.70. The first-order valence-corrected chi connectivity index (χ1v) is 4.45. The largest absolute Gasteiger partial charge is 0.0843 e. The third-order valence-electron chi connectivity index (χ3n) is 3.10. The third-order valence-corrected chi connectivity index (χ3v) is 3.35. The van der Waals surface area contributed by atoms with Crippen LogP contribution in [0.4, 0.5) is 0 Å². The van der Waals surface area contributed by atoms with E-state index in [0.29, 0.717) is 5.41 Å². The second kappa shape index (κ2) is 1.64. The molecule has 1 aromatic carbocycles. The molecule has 0 bridgehead atoms. The van der Waals surface area contributed by atoms with Crippen LogP contribution < -0.4 is 0 Å². The molecule has 3 rings (SSSR count). The van der Waals surface area contributed by atoms with Gasteiger partial charge >= 0.3 is 0 Å². The Morgan fingerprint density at radius 3 is 2.18 bits per heavy atom. The average Bonchev–Trinajstić information content (AvgIpc) is 2.75. The molecule has 2 aliphatic carbocycles. The molecule has 0 unspecified atom stereocenters. The Kier molecular flexibility index (Phi) is 0.904. The van der Waals surface area contributed by atoms with Crippen LogP contribution in [-0.2, 0) is 5.41 Å². The Morgan fingerprint density at radius 2 is 1.73 bits per heavy atom. The Labute approximate surface area is 71.2 Å². The van der Waals surface area contributed by atoms with Crippen molar-refractivity contribution in [1.82, 2.24) is 0 Å². The molecule has 0 atom stereocenters. The second-order valence-electron chi connectivity index (χ2n) is 3.77. The van der Waals surface area contributed by atoms with Gasteiger partial charge in [-0.05, 0) is 41.9 Å². The molecular weight excluding hydrogens is 156 g/mol. The van der Waals surface area contributed by atoms with Gasteiger partial charge in [-0.2, -0.15) is 0 Å². The number of rotatable bonds is 1. The van der Waals surface area contributed by atoms with Gasteiger partial charge in [-0.3, -0.25) is 0 Å². The van der Waals surface area contributed by atoms with Crippen molar-refractivity contribution < 1.29 is 0 Å². The monoisotopic (exact) mass is 164 g/mol. The summed E-state index contributed by atoms with van der Waals surface area (Å²) >= 11 is 5.80. The highest BCUT2D eigenvalue weighted by molar-refractivity contribution is 6.30. The van der Waals surface area contributed by atoms with Gasteiger partial charge in [-0.25, -0.2) is 0 Å². The first-order chi connectivity index (χ1) is 5.31. The van der Waals surface area contributed by atoms with Crippen LogP contribution in [0.25, 0.3) is 0 Å². The summed E-state index contributed by atoms with van der Waals surface area (Å²) in [4.78, 5) is 0. The Hall–Kier alpha value is -0.490. The van der Waals surface area contributed by atoms with Gasteiger partial charge in [-0.15, -0.1) is 0 Å². The Bertz CT molecular complexity index is 293. The maximum atomic E-state index is 5.80. The zero-order chi connectivity index (χ0) is 7.47. The summed E-state index contributed by atoms with van der Waals surface area (Å²) in [5, 5.41) is 0.850. The Morgan fingerprint density at radius 1 is 1.18 bits per heavy atom.